The lowest BCUT2D eigenvalue weighted by Crippen LogP contribution is -2.37. The normalized spacial score (nSPS) is 18.0. The van der Waals surface area contributed by atoms with Crippen molar-refractivity contribution in [3.05, 3.63) is 47.2 Å². The molecule has 1 unspecified atom stereocenters. The summed E-state index contributed by atoms with van der Waals surface area (Å²) in [6, 6.07) is 6.69. The molecule has 0 aromatic heterocycles. The summed E-state index contributed by atoms with van der Waals surface area (Å²) in [5.74, 6) is 2.32. The number of allylic oxidation sites excluding steroid dienone is 3. The van der Waals surface area contributed by atoms with Gasteiger partial charge in [0.2, 0.25) is 0 Å². The van der Waals surface area contributed by atoms with Crippen LogP contribution in [0.3, 0.4) is 0 Å². The molecule has 1 atom stereocenters. The minimum atomic E-state index is -0.0802. The van der Waals surface area contributed by atoms with Crippen LogP contribution in [-0.4, -0.2) is 24.9 Å². The Morgan fingerprint density at radius 1 is 0.933 bits per heavy atom. The first-order chi connectivity index (χ1) is 14.6. The first kappa shape index (κ1) is 25.5. The zero-order valence-corrected chi connectivity index (χ0v) is 22.3. The molecule has 1 aromatic rings. The van der Waals surface area contributed by atoms with Crippen molar-refractivity contribution in [1.82, 2.24) is 0 Å². The average Bonchev–Trinajstić information content (AvgIpc) is 2.78. The minimum absolute atomic E-state index is 0.0802. The Bertz CT molecular complexity index is 720. The largest absolute Gasteiger partial charge is 0.496 e. The van der Waals surface area contributed by atoms with Gasteiger partial charge in [0.25, 0.3) is 0 Å². The summed E-state index contributed by atoms with van der Waals surface area (Å²) < 4.78 is 11.8. The van der Waals surface area contributed by atoms with Crippen molar-refractivity contribution in [2.45, 2.75) is 65.2 Å². The molecule has 0 spiro atoms. The van der Waals surface area contributed by atoms with Gasteiger partial charge in [0.1, 0.15) is 11.5 Å². The molecule has 1 aliphatic carbocycles. The van der Waals surface area contributed by atoms with Gasteiger partial charge in [0.05, 0.1) is 14.2 Å². The molecule has 0 bridgehead atoms. The third-order valence-electron chi connectivity index (χ3n) is 6.35. The smallest absolute Gasteiger partial charge is 0.126 e. The topological polar surface area (TPSA) is 18.5 Å². The van der Waals surface area contributed by atoms with E-state index in [1.807, 2.05) is 0 Å². The van der Waals surface area contributed by atoms with Gasteiger partial charge < -0.3 is 9.47 Å². The molecule has 0 N–H and O–H groups in total. The predicted molar refractivity (Wildman–Crippen MR) is 137 cm³/mol. The van der Waals surface area contributed by atoms with Crippen LogP contribution >= 0.6 is 31.9 Å². The van der Waals surface area contributed by atoms with Crippen molar-refractivity contribution in [3.8, 4) is 5.75 Å². The molecule has 4 heteroatoms. The number of unbranched alkanes of at least 4 members (excludes halogenated alkanes) is 4. The Morgan fingerprint density at radius 2 is 1.63 bits per heavy atom. The van der Waals surface area contributed by atoms with Crippen LogP contribution in [0.1, 0.15) is 69.9 Å². The molecular weight excluding hydrogens is 504 g/mol. The third-order valence-corrected chi connectivity index (χ3v) is 8.35. The fraction of sp³-hybridized carbons (Fsp3) is 0.615. The van der Waals surface area contributed by atoms with Crippen LogP contribution in [0.25, 0.3) is 5.57 Å². The number of aryl methyl sites for hydroxylation is 1. The van der Waals surface area contributed by atoms with Crippen molar-refractivity contribution < 1.29 is 9.47 Å². The van der Waals surface area contributed by atoms with Gasteiger partial charge in [-0.25, -0.2) is 0 Å². The Morgan fingerprint density at radius 3 is 2.23 bits per heavy atom. The second-order valence-electron chi connectivity index (χ2n) is 8.32. The minimum Gasteiger partial charge on any atom is -0.496 e. The molecule has 0 amide bonds. The number of ether oxygens (including phenoxy) is 2. The molecule has 168 valence electrons. The molecule has 1 aliphatic rings. The van der Waals surface area contributed by atoms with Crippen LogP contribution < -0.4 is 4.74 Å². The number of halogens is 2. The Labute approximate surface area is 200 Å². The molecule has 30 heavy (non-hydrogen) atoms. The lowest BCUT2D eigenvalue weighted by atomic mass is 9.65. The first-order valence-corrected chi connectivity index (χ1v) is 13.6. The number of alkyl halides is 2. The van der Waals surface area contributed by atoms with Crippen LogP contribution in [0.4, 0.5) is 0 Å². The highest BCUT2D eigenvalue weighted by atomic mass is 79.9. The van der Waals surface area contributed by atoms with Crippen molar-refractivity contribution in [2.24, 2.45) is 11.3 Å². The van der Waals surface area contributed by atoms with Crippen LogP contribution in [0.15, 0.2) is 36.1 Å². The Kier molecular flexibility index (Phi) is 11.0. The summed E-state index contributed by atoms with van der Waals surface area (Å²) in [6.07, 6.45) is 14.3. The lowest BCUT2D eigenvalue weighted by molar-refractivity contribution is 0.277. The van der Waals surface area contributed by atoms with Gasteiger partial charge in [-0.3, -0.25) is 0 Å². The molecule has 0 saturated carbocycles. The fourth-order valence-electron chi connectivity index (χ4n) is 4.51. The van der Waals surface area contributed by atoms with Gasteiger partial charge in [0.15, 0.2) is 0 Å². The fourth-order valence-corrected chi connectivity index (χ4v) is 6.83. The highest BCUT2D eigenvalue weighted by molar-refractivity contribution is 9.09. The SMILES string of the molecule is CCCCCc1ccc(OC)c(C2=C(OC)C=CC(CCCCC)C2(CBr)CBr)c1. The van der Waals surface area contributed by atoms with E-state index >= 15 is 0 Å². The summed E-state index contributed by atoms with van der Waals surface area (Å²) in [5, 5.41) is 1.75. The molecular formula is C26H38Br2O2. The maximum atomic E-state index is 5.92. The van der Waals surface area contributed by atoms with Crippen molar-refractivity contribution in [3.63, 3.8) is 0 Å². The van der Waals surface area contributed by atoms with Crippen molar-refractivity contribution in [1.29, 1.82) is 0 Å². The summed E-state index contributed by atoms with van der Waals surface area (Å²) in [7, 11) is 3.55. The van der Waals surface area contributed by atoms with Crippen LogP contribution in [0.5, 0.6) is 5.75 Å². The van der Waals surface area contributed by atoms with E-state index in [1.165, 1.54) is 61.6 Å². The van der Waals surface area contributed by atoms with E-state index in [1.54, 1.807) is 14.2 Å². The average molecular weight is 542 g/mol. The molecule has 2 rings (SSSR count). The number of methoxy groups -OCH3 is 2. The highest BCUT2D eigenvalue weighted by Gasteiger charge is 2.44. The second-order valence-corrected chi connectivity index (χ2v) is 9.44. The van der Waals surface area contributed by atoms with Gasteiger partial charge in [0, 0.05) is 27.2 Å². The van der Waals surface area contributed by atoms with Crippen LogP contribution in [0, 0.1) is 11.3 Å². The maximum absolute atomic E-state index is 5.92. The maximum Gasteiger partial charge on any atom is 0.126 e. The predicted octanol–water partition coefficient (Wildman–Crippen LogP) is 8.33. The molecule has 0 fully saturated rings. The Balaban J connectivity index is 2.56. The summed E-state index contributed by atoms with van der Waals surface area (Å²) in [4.78, 5) is 0. The van der Waals surface area contributed by atoms with E-state index in [0.717, 1.165) is 28.6 Å². The van der Waals surface area contributed by atoms with Crippen LogP contribution in [-0.2, 0) is 11.2 Å². The van der Waals surface area contributed by atoms with Gasteiger partial charge in [-0.15, -0.1) is 0 Å². The number of hydrogen-bond donors (Lipinski definition) is 0. The number of hydrogen-bond acceptors (Lipinski definition) is 2. The zero-order valence-electron chi connectivity index (χ0n) is 19.1. The highest BCUT2D eigenvalue weighted by Crippen LogP contribution is 2.53. The van der Waals surface area contributed by atoms with Crippen LogP contribution in [0.2, 0.25) is 0 Å². The van der Waals surface area contributed by atoms with E-state index in [-0.39, 0.29) is 5.41 Å². The van der Waals surface area contributed by atoms with Crippen molar-refractivity contribution in [2.75, 3.05) is 24.9 Å². The lowest BCUT2D eigenvalue weighted by Gasteiger charge is -2.43. The molecule has 0 radical (unpaired) electrons. The summed E-state index contributed by atoms with van der Waals surface area (Å²) >= 11 is 7.79. The Hall–Kier alpha value is -0.740. The summed E-state index contributed by atoms with van der Waals surface area (Å²) in [5.41, 5.74) is 3.73. The zero-order chi connectivity index (χ0) is 22.0. The molecule has 2 nitrogen and oxygen atoms in total. The molecule has 0 saturated heterocycles. The second kappa shape index (κ2) is 13.0. The van der Waals surface area contributed by atoms with Crippen molar-refractivity contribution >= 4 is 37.4 Å². The van der Waals surface area contributed by atoms with E-state index in [0.29, 0.717) is 5.92 Å². The van der Waals surface area contributed by atoms with E-state index in [9.17, 15) is 0 Å². The first-order valence-electron chi connectivity index (χ1n) is 11.4. The van der Waals surface area contributed by atoms with Gasteiger partial charge in [-0.2, -0.15) is 0 Å². The quantitative estimate of drug-likeness (QED) is 0.184. The van der Waals surface area contributed by atoms with E-state index in [4.69, 9.17) is 9.47 Å². The molecule has 0 aliphatic heterocycles. The third kappa shape index (κ3) is 5.73. The number of rotatable bonds is 13. The van der Waals surface area contributed by atoms with Gasteiger partial charge >= 0.3 is 0 Å². The summed E-state index contributed by atoms with van der Waals surface area (Å²) in [6.45, 7) is 4.52. The molecule has 0 heterocycles. The van der Waals surface area contributed by atoms with Gasteiger partial charge in [-0.1, -0.05) is 90.0 Å². The monoisotopic (exact) mass is 540 g/mol. The van der Waals surface area contributed by atoms with E-state index in [2.05, 4.69) is 76.1 Å². The molecule has 1 aromatic carbocycles. The standard InChI is InChI=1S/C26H38Br2O2/c1-5-7-9-11-20-13-15-23(29-3)22(17-20)25-24(30-4)16-14-21(12-10-8-6-2)26(25,18-27)19-28/h13-17,21H,5-12,18-19H2,1-4H3. The van der Waals surface area contributed by atoms with E-state index < -0.39 is 0 Å². The van der Waals surface area contributed by atoms with Gasteiger partial charge in [-0.05, 0) is 49.0 Å². The number of benzene rings is 1.